The van der Waals surface area contributed by atoms with Crippen LogP contribution in [0.5, 0.6) is 17.2 Å². The number of allylic oxidation sites excluding steroid dienone is 4. The van der Waals surface area contributed by atoms with Crippen molar-refractivity contribution in [1.29, 1.82) is 0 Å². The Balaban J connectivity index is 1.65. The molecule has 0 aliphatic rings. The van der Waals surface area contributed by atoms with Crippen molar-refractivity contribution in [3.63, 3.8) is 0 Å². The summed E-state index contributed by atoms with van der Waals surface area (Å²) in [7, 11) is 1.65. The van der Waals surface area contributed by atoms with Gasteiger partial charge < -0.3 is 9.47 Å². The molecule has 3 heteroatoms. The van der Waals surface area contributed by atoms with Crippen molar-refractivity contribution < 1.29 is 14.3 Å². The average molecular weight is 396 g/mol. The highest BCUT2D eigenvalue weighted by atomic mass is 16.5. The van der Waals surface area contributed by atoms with Gasteiger partial charge in [-0.2, -0.15) is 0 Å². The van der Waals surface area contributed by atoms with Gasteiger partial charge in [0.25, 0.3) is 0 Å². The van der Waals surface area contributed by atoms with Gasteiger partial charge in [0.2, 0.25) is 0 Å². The van der Waals surface area contributed by atoms with Gasteiger partial charge in [-0.15, -0.1) is 0 Å². The first-order valence-corrected chi connectivity index (χ1v) is 9.56. The zero-order valence-corrected chi connectivity index (χ0v) is 17.2. The minimum atomic E-state index is -0.122. The molecule has 0 aliphatic heterocycles. The molecule has 0 aromatic heterocycles. The first-order chi connectivity index (χ1) is 14.5. The Kier molecular flexibility index (Phi) is 6.66. The third kappa shape index (κ3) is 5.36. The van der Waals surface area contributed by atoms with E-state index in [1.165, 1.54) is 0 Å². The van der Waals surface area contributed by atoms with Gasteiger partial charge in [0, 0.05) is 11.1 Å². The lowest BCUT2D eigenvalue weighted by molar-refractivity contribution is 0.103. The maximum Gasteiger partial charge on any atom is 0.192 e. The molecule has 3 nitrogen and oxygen atoms in total. The van der Waals surface area contributed by atoms with Crippen LogP contribution in [0.3, 0.4) is 0 Å². The Morgan fingerprint density at radius 1 is 0.733 bits per heavy atom. The molecule has 0 saturated heterocycles. The first kappa shape index (κ1) is 20.9. The largest absolute Gasteiger partial charge is 0.497 e. The van der Waals surface area contributed by atoms with Gasteiger partial charge in [-0.25, -0.2) is 0 Å². The van der Waals surface area contributed by atoms with Gasteiger partial charge in [-0.05, 0) is 66.6 Å². The summed E-state index contributed by atoms with van der Waals surface area (Å²) in [5.74, 6) is 2.09. The number of benzene rings is 3. The van der Waals surface area contributed by atoms with Crippen molar-refractivity contribution >= 4 is 5.78 Å². The smallest absolute Gasteiger partial charge is 0.192 e. The van der Waals surface area contributed by atoms with Gasteiger partial charge >= 0.3 is 0 Å². The maximum atomic E-state index is 12.4. The predicted octanol–water partition coefficient (Wildman–Crippen LogP) is 7.03. The number of ketones is 1. The molecular weight excluding hydrogens is 372 g/mol. The summed E-state index contributed by atoms with van der Waals surface area (Å²) in [6.07, 6.45) is 3.45. The molecular formula is C27H24O3. The van der Waals surface area contributed by atoms with Crippen LogP contribution < -0.4 is 9.47 Å². The Hall–Kier alpha value is -3.85. The summed E-state index contributed by atoms with van der Waals surface area (Å²) >= 11 is 0. The Bertz CT molecular complexity index is 1070. The van der Waals surface area contributed by atoms with E-state index in [2.05, 4.69) is 13.2 Å². The molecule has 150 valence electrons. The van der Waals surface area contributed by atoms with Crippen LogP contribution in [0.15, 0.2) is 109 Å². The molecule has 0 N–H and O–H groups in total. The highest BCUT2D eigenvalue weighted by molar-refractivity contribution is 6.10. The minimum absolute atomic E-state index is 0.122. The quantitative estimate of drug-likeness (QED) is 0.233. The van der Waals surface area contributed by atoms with E-state index in [0.29, 0.717) is 16.9 Å². The average Bonchev–Trinajstić information content (AvgIpc) is 2.78. The summed E-state index contributed by atoms with van der Waals surface area (Å²) in [6, 6.07) is 22.8. The van der Waals surface area contributed by atoms with Crippen LogP contribution in [-0.2, 0) is 0 Å². The summed E-state index contributed by atoms with van der Waals surface area (Å²) < 4.78 is 11.1. The second kappa shape index (κ2) is 9.57. The van der Waals surface area contributed by atoms with Crippen LogP contribution in [-0.4, -0.2) is 12.9 Å². The molecule has 0 atom stereocenters. The number of carbonyl (C=O) groups is 1. The Labute approximate surface area is 177 Å². The molecule has 3 aromatic rings. The highest BCUT2D eigenvalue weighted by Crippen LogP contribution is 2.27. The Morgan fingerprint density at radius 3 is 1.67 bits per heavy atom. The van der Waals surface area contributed by atoms with Crippen LogP contribution in [0.4, 0.5) is 0 Å². The number of rotatable bonds is 8. The zero-order valence-electron chi connectivity index (χ0n) is 17.2. The third-order valence-electron chi connectivity index (χ3n) is 4.49. The summed E-state index contributed by atoms with van der Waals surface area (Å²) in [5.41, 5.74) is 4.04. The molecule has 0 amide bonds. The molecule has 0 saturated carbocycles. The summed E-state index contributed by atoms with van der Waals surface area (Å²) in [6.45, 7) is 9.46. The van der Waals surface area contributed by atoms with Crippen LogP contribution in [0.1, 0.15) is 17.3 Å². The van der Waals surface area contributed by atoms with Crippen molar-refractivity contribution in [2.24, 2.45) is 0 Å². The predicted molar refractivity (Wildman–Crippen MR) is 122 cm³/mol. The van der Waals surface area contributed by atoms with Crippen molar-refractivity contribution in [1.82, 2.24) is 0 Å². The van der Waals surface area contributed by atoms with Gasteiger partial charge in [-0.1, -0.05) is 55.1 Å². The van der Waals surface area contributed by atoms with Gasteiger partial charge in [0.1, 0.15) is 17.2 Å². The van der Waals surface area contributed by atoms with Crippen molar-refractivity contribution in [2.75, 3.05) is 7.11 Å². The molecule has 0 aliphatic carbocycles. The second-order valence-electron chi connectivity index (χ2n) is 6.91. The van der Waals surface area contributed by atoms with Crippen LogP contribution in [0, 0.1) is 0 Å². The topological polar surface area (TPSA) is 35.5 Å². The number of carbonyl (C=O) groups excluding carboxylic acids is 1. The van der Waals surface area contributed by atoms with Crippen LogP contribution in [0.25, 0.3) is 11.1 Å². The molecule has 0 spiro atoms. The number of hydrogen-bond acceptors (Lipinski definition) is 3. The number of ether oxygens (including phenoxy) is 2. The third-order valence-corrected chi connectivity index (χ3v) is 4.49. The molecule has 0 heterocycles. The molecule has 30 heavy (non-hydrogen) atoms. The summed E-state index contributed by atoms with van der Waals surface area (Å²) in [4.78, 5) is 12.4. The van der Waals surface area contributed by atoms with E-state index in [1.807, 2.05) is 55.5 Å². The number of hydrogen-bond donors (Lipinski definition) is 0. The monoisotopic (exact) mass is 396 g/mol. The highest BCUT2D eigenvalue weighted by Gasteiger charge is 2.08. The second-order valence-corrected chi connectivity index (χ2v) is 6.91. The first-order valence-electron chi connectivity index (χ1n) is 9.56. The molecule has 0 radical (unpaired) electrons. The van der Waals surface area contributed by atoms with Crippen molar-refractivity contribution in [3.8, 4) is 28.4 Å². The maximum absolute atomic E-state index is 12.4. The van der Waals surface area contributed by atoms with E-state index in [9.17, 15) is 4.79 Å². The van der Waals surface area contributed by atoms with E-state index in [0.717, 1.165) is 28.2 Å². The normalized spacial score (nSPS) is 10.6. The fourth-order valence-corrected chi connectivity index (χ4v) is 2.81. The SMILES string of the molecule is C=C(C)C=CC(=C)C(=O)c1ccc(Oc2ccc(-c3ccc(OC)cc3)cc2)cc1. The fourth-order valence-electron chi connectivity index (χ4n) is 2.81. The molecule has 3 aromatic carbocycles. The van der Waals surface area contributed by atoms with Crippen LogP contribution >= 0.6 is 0 Å². The molecule has 3 rings (SSSR count). The number of Topliss-reactive ketones (excluding diaryl/α,β-unsaturated/α-hetero) is 1. The fraction of sp³-hybridized carbons (Fsp3) is 0.0741. The van der Waals surface area contributed by atoms with Gasteiger partial charge in [-0.3, -0.25) is 4.79 Å². The van der Waals surface area contributed by atoms with E-state index in [4.69, 9.17) is 9.47 Å². The van der Waals surface area contributed by atoms with E-state index >= 15 is 0 Å². The van der Waals surface area contributed by atoms with E-state index in [1.54, 1.807) is 43.5 Å². The van der Waals surface area contributed by atoms with E-state index < -0.39 is 0 Å². The number of methoxy groups -OCH3 is 1. The van der Waals surface area contributed by atoms with Crippen molar-refractivity contribution in [3.05, 3.63) is 115 Å². The lowest BCUT2D eigenvalue weighted by atomic mass is 10.0. The lowest BCUT2D eigenvalue weighted by Gasteiger charge is -2.08. The Morgan fingerprint density at radius 2 is 1.20 bits per heavy atom. The minimum Gasteiger partial charge on any atom is -0.497 e. The molecule has 0 unspecified atom stereocenters. The summed E-state index contributed by atoms with van der Waals surface area (Å²) in [5, 5.41) is 0. The molecule has 0 bridgehead atoms. The zero-order chi connectivity index (χ0) is 21.5. The van der Waals surface area contributed by atoms with E-state index in [-0.39, 0.29) is 5.78 Å². The standard InChI is InChI=1S/C27H24O3/c1-19(2)5-6-20(3)27(28)23-11-17-26(18-12-23)30-25-15-9-22(10-16-25)21-7-13-24(29-4)14-8-21/h5-18H,1,3H2,2,4H3. The molecule has 0 fully saturated rings. The van der Waals surface area contributed by atoms with Gasteiger partial charge in [0.15, 0.2) is 5.78 Å². The lowest BCUT2D eigenvalue weighted by Crippen LogP contribution is -2.00. The van der Waals surface area contributed by atoms with Gasteiger partial charge in [0.05, 0.1) is 7.11 Å². The van der Waals surface area contributed by atoms with Crippen molar-refractivity contribution in [2.45, 2.75) is 6.92 Å². The van der Waals surface area contributed by atoms with Crippen LogP contribution in [0.2, 0.25) is 0 Å².